The molecule has 0 radical (unpaired) electrons. The lowest BCUT2D eigenvalue weighted by atomic mass is 10.1. The Morgan fingerprint density at radius 1 is 1.44 bits per heavy atom. The summed E-state index contributed by atoms with van der Waals surface area (Å²) >= 11 is 0. The van der Waals surface area contributed by atoms with E-state index in [0.29, 0.717) is 25.4 Å². The number of hydrogen-bond donors (Lipinski definition) is 2. The van der Waals surface area contributed by atoms with Gasteiger partial charge < -0.3 is 15.7 Å². The van der Waals surface area contributed by atoms with E-state index in [1.165, 1.54) is 0 Å². The summed E-state index contributed by atoms with van der Waals surface area (Å²) < 4.78 is 0. The average molecular weight is 250 g/mol. The summed E-state index contributed by atoms with van der Waals surface area (Å²) in [7, 11) is 1.75. The second-order valence-corrected chi connectivity index (χ2v) is 4.76. The van der Waals surface area contributed by atoms with Crippen LogP contribution in [0, 0.1) is 5.92 Å². The second kappa shape index (κ2) is 7.01. The van der Waals surface area contributed by atoms with E-state index in [1.54, 1.807) is 24.1 Å². The summed E-state index contributed by atoms with van der Waals surface area (Å²) in [6.45, 7) is 3.08. The third kappa shape index (κ3) is 4.37. The molecule has 0 aliphatic heterocycles. The number of amides is 1. The zero-order chi connectivity index (χ0) is 13.5. The van der Waals surface area contributed by atoms with Crippen LogP contribution >= 0.6 is 0 Å². The number of phenols is 1. The maximum Gasteiger partial charge on any atom is 0.222 e. The van der Waals surface area contributed by atoms with Crippen molar-refractivity contribution in [3.8, 4) is 5.75 Å². The number of carbonyl (C=O) groups excluding carboxylic acids is 1. The van der Waals surface area contributed by atoms with Crippen LogP contribution in [0.4, 0.5) is 0 Å². The number of rotatable bonds is 6. The molecule has 0 aliphatic rings. The van der Waals surface area contributed by atoms with Crippen molar-refractivity contribution < 1.29 is 9.90 Å². The van der Waals surface area contributed by atoms with Crippen LogP contribution in [0.1, 0.15) is 25.3 Å². The van der Waals surface area contributed by atoms with E-state index in [-0.39, 0.29) is 11.7 Å². The van der Waals surface area contributed by atoms with Crippen LogP contribution in [0.5, 0.6) is 5.75 Å². The topological polar surface area (TPSA) is 66.6 Å². The summed E-state index contributed by atoms with van der Waals surface area (Å²) in [4.78, 5) is 13.5. The van der Waals surface area contributed by atoms with Gasteiger partial charge in [-0.3, -0.25) is 4.79 Å². The van der Waals surface area contributed by atoms with Crippen molar-refractivity contribution in [2.45, 2.75) is 26.3 Å². The Labute approximate surface area is 108 Å². The minimum atomic E-state index is 0.0820. The lowest BCUT2D eigenvalue weighted by molar-refractivity contribution is -0.130. The number of phenolic OH excluding ortho intramolecular Hbond substituents is 1. The lowest BCUT2D eigenvalue weighted by Gasteiger charge is -2.18. The first-order chi connectivity index (χ1) is 8.54. The van der Waals surface area contributed by atoms with Crippen LogP contribution in [-0.2, 0) is 11.3 Å². The van der Waals surface area contributed by atoms with Gasteiger partial charge in [0, 0.05) is 25.6 Å². The van der Waals surface area contributed by atoms with Crippen molar-refractivity contribution in [1.82, 2.24) is 4.90 Å². The molecule has 1 atom stereocenters. The van der Waals surface area contributed by atoms with E-state index in [4.69, 9.17) is 5.73 Å². The minimum absolute atomic E-state index is 0.0820. The van der Waals surface area contributed by atoms with Gasteiger partial charge in [0.25, 0.3) is 0 Å². The largest absolute Gasteiger partial charge is 0.508 e. The average Bonchev–Trinajstić information content (AvgIpc) is 2.38. The highest BCUT2D eigenvalue weighted by Crippen LogP contribution is 2.17. The molecule has 1 rings (SSSR count). The van der Waals surface area contributed by atoms with Crippen molar-refractivity contribution in [3.05, 3.63) is 29.8 Å². The highest BCUT2D eigenvalue weighted by Gasteiger charge is 2.12. The lowest BCUT2D eigenvalue weighted by Crippen LogP contribution is -2.27. The molecule has 1 unspecified atom stereocenters. The van der Waals surface area contributed by atoms with Crippen molar-refractivity contribution in [2.24, 2.45) is 11.7 Å². The molecular formula is C14H22N2O2. The van der Waals surface area contributed by atoms with Crippen LogP contribution in [0.25, 0.3) is 0 Å². The number of nitrogens with two attached hydrogens (primary N) is 1. The molecule has 4 nitrogen and oxygen atoms in total. The predicted octanol–water partition coefficient (Wildman–Crippen LogP) is 1.73. The van der Waals surface area contributed by atoms with E-state index in [1.807, 2.05) is 19.1 Å². The van der Waals surface area contributed by atoms with E-state index >= 15 is 0 Å². The maximum absolute atomic E-state index is 11.9. The van der Waals surface area contributed by atoms with Crippen molar-refractivity contribution in [3.63, 3.8) is 0 Å². The first-order valence-electron chi connectivity index (χ1n) is 6.25. The van der Waals surface area contributed by atoms with E-state index in [0.717, 1.165) is 12.0 Å². The number of benzene rings is 1. The maximum atomic E-state index is 11.9. The Kier molecular flexibility index (Phi) is 5.65. The van der Waals surface area contributed by atoms with Gasteiger partial charge in [0.1, 0.15) is 5.75 Å². The third-order valence-electron chi connectivity index (χ3n) is 3.08. The minimum Gasteiger partial charge on any atom is -0.508 e. The molecule has 0 saturated carbocycles. The Morgan fingerprint density at radius 2 is 2.11 bits per heavy atom. The SMILES string of the molecule is CC(CN)CCC(=O)N(C)Cc1ccccc1O. The van der Waals surface area contributed by atoms with Crippen LogP contribution in [0.3, 0.4) is 0 Å². The van der Waals surface area contributed by atoms with Crippen molar-refractivity contribution >= 4 is 5.91 Å². The first-order valence-corrected chi connectivity index (χ1v) is 6.25. The molecule has 1 amide bonds. The summed E-state index contributed by atoms with van der Waals surface area (Å²) in [6.07, 6.45) is 1.31. The van der Waals surface area contributed by atoms with Crippen molar-refractivity contribution in [2.75, 3.05) is 13.6 Å². The highest BCUT2D eigenvalue weighted by molar-refractivity contribution is 5.75. The Balaban J connectivity index is 2.47. The van der Waals surface area contributed by atoms with E-state index in [2.05, 4.69) is 0 Å². The molecule has 18 heavy (non-hydrogen) atoms. The van der Waals surface area contributed by atoms with Crippen molar-refractivity contribution in [1.29, 1.82) is 0 Å². The Morgan fingerprint density at radius 3 is 2.72 bits per heavy atom. The molecule has 0 bridgehead atoms. The molecule has 0 saturated heterocycles. The molecule has 100 valence electrons. The summed E-state index contributed by atoms with van der Waals surface area (Å²) in [5.41, 5.74) is 6.28. The highest BCUT2D eigenvalue weighted by atomic mass is 16.3. The number of hydrogen-bond acceptors (Lipinski definition) is 3. The molecule has 1 aromatic rings. The fourth-order valence-corrected chi connectivity index (χ4v) is 1.67. The number of carbonyl (C=O) groups is 1. The van der Waals surface area contributed by atoms with Crippen LogP contribution in [0.15, 0.2) is 24.3 Å². The van der Waals surface area contributed by atoms with Gasteiger partial charge in [-0.2, -0.15) is 0 Å². The molecule has 0 aromatic heterocycles. The Hall–Kier alpha value is -1.55. The molecule has 0 heterocycles. The van der Waals surface area contributed by atoms with Gasteiger partial charge >= 0.3 is 0 Å². The van der Waals surface area contributed by atoms with Crippen LogP contribution < -0.4 is 5.73 Å². The number of para-hydroxylation sites is 1. The zero-order valence-electron chi connectivity index (χ0n) is 11.1. The van der Waals surface area contributed by atoms with Gasteiger partial charge in [0.15, 0.2) is 0 Å². The zero-order valence-corrected chi connectivity index (χ0v) is 11.1. The standard InChI is InChI=1S/C14H22N2O2/c1-11(9-15)7-8-14(18)16(2)10-12-5-3-4-6-13(12)17/h3-6,11,17H,7-10,15H2,1-2H3. The van der Waals surface area contributed by atoms with Crippen LogP contribution in [-0.4, -0.2) is 29.5 Å². The van der Waals surface area contributed by atoms with Gasteiger partial charge in [-0.05, 0) is 24.9 Å². The molecule has 3 N–H and O–H groups in total. The normalized spacial score (nSPS) is 12.2. The second-order valence-electron chi connectivity index (χ2n) is 4.76. The Bertz CT molecular complexity index is 393. The third-order valence-corrected chi connectivity index (χ3v) is 3.08. The van der Waals surface area contributed by atoms with Gasteiger partial charge in [-0.1, -0.05) is 25.1 Å². The van der Waals surface area contributed by atoms with Crippen LogP contribution in [0.2, 0.25) is 0 Å². The molecule has 0 spiro atoms. The van der Waals surface area contributed by atoms with E-state index in [9.17, 15) is 9.90 Å². The molecular weight excluding hydrogens is 228 g/mol. The first kappa shape index (κ1) is 14.5. The molecule has 4 heteroatoms. The number of aromatic hydroxyl groups is 1. The molecule has 0 aliphatic carbocycles. The fourth-order valence-electron chi connectivity index (χ4n) is 1.67. The fraction of sp³-hybridized carbons (Fsp3) is 0.500. The molecule has 1 aromatic carbocycles. The summed E-state index contributed by atoms with van der Waals surface area (Å²) in [5, 5.41) is 9.64. The van der Waals surface area contributed by atoms with Gasteiger partial charge in [0.05, 0.1) is 0 Å². The quantitative estimate of drug-likeness (QED) is 0.808. The smallest absolute Gasteiger partial charge is 0.222 e. The molecule has 0 fully saturated rings. The number of nitrogens with zero attached hydrogens (tertiary/aromatic N) is 1. The monoisotopic (exact) mass is 250 g/mol. The van der Waals surface area contributed by atoms with Gasteiger partial charge in [-0.15, -0.1) is 0 Å². The summed E-state index contributed by atoms with van der Waals surface area (Å²) in [5.74, 6) is 0.679. The van der Waals surface area contributed by atoms with Gasteiger partial charge in [0.2, 0.25) is 5.91 Å². The summed E-state index contributed by atoms with van der Waals surface area (Å²) in [6, 6.07) is 7.07. The predicted molar refractivity (Wildman–Crippen MR) is 72.0 cm³/mol. The van der Waals surface area contributed by atoms with Gasteiger partial charge in [-0.25, -0.2) is 0 Å². The van der Waals surface area contributed by atoms with E-state index < -0.39 is 0 Å².